The van der Waals surface area contributed by atoms with Crippen LogP contribution in [0.25, 0.3) is 0 Å². The number of carbonyl (C=O) groups is 2. The van der Waals surface area contributed by atoms with E-state index in [0.717, 1.165) is 11.1 Å². The lowest BCUT2D eigenvalue weighted by atomic mass is 10.0. The highest BCUT2D eigenvalue weighted by molar-refractivity contribution is 5.97. The standard InChI is InChI=1S/C20H24N2O3/c1-22(2)20(24)18(13-15-8-5-4-6-9-15)21-19(23)17-11-7-10-16(12-17)14-25-3/h4-12,18H,13-14H2,1-3H3,(H,21,23)/t18-/m1/s1. The summed E-state index contributed by atoms with van der Waals surface area (Å²) in [5, 5.41) is 2.86. The van der Waals surface area contributed by atoms with E-state index in [1.54, 1.807) is 33.3 Å². The highest BCUT2D eigenvalue weighted by atomic mass is 16.5. The molecule has 2 rings (SSSR count). The number of carbonyl (C=O) groups excluding carboxylic acids is 2. The lowest BCUT2D eigenvalue weighted by molar-refractivity contribution is -0.130. The first-order valence-electron chi connectivity index (χ1n) is 8.15. The molecule has 0 aliphatic rings. The zero-order valence-electron chi connectivity index (χ0n) is 14.9. The van der Waals surface area contributed by atoms with E-state index in [1.165, 1.54) is 4.90 Å². The minimum atomic E-state index is -0.615. The molecule has 0 saturated heterocycles. The SMILES string of the molecule is COCc1cccc(C(=O)N[C@H](Cc2ccccc2)C(=O)N(C)C)c1. The number of ether oxygens (including phenoxy) is 1. The van der Waals surface area contributed by atoms with Crippen LogP contribution in [0.4, 0.5) is 0 Å². The molecule has 0 aromatic heterocycles. The molecule has 2 aromatic carbocycles. The molecule has 0 aliphatic carbocycles. The predicted molar refractivity (Wildman–Crippen MR) is 97.2 cm³/mol. The van der Waals surface area contributed by atoms with Gasteiger partial charge in [0.05, 0.1) is 6.61 Å². The number of amides is 2. The second-order valence-corrected chi connectivity index (χ2v) is 6.08. The smallest absolute Gasteiger partial charge is 0.251 e. The van der Waals surface area contributed by atoms with E-state index in [0.29, 0.717) is 18.6 Å². The lowest BCUT2D eigenvalue weighted by Gasteiger charge is -2.22. The topological polar surface area (TPSA) is 58.6 Å². The Bertz CT molecular complexity index is 714. The molecule has 0 unspecified atom stereocenters. The Balaban J connectivity index is 2.16. The third kappa shape index (κ3) is 5.43. The van der Waals surface area contributed by atoms with Crippen LogP contribution < -0.4 is 5.32 Å². The molecule has 0 fully saturated rings. The maximum atomic E-state index is 12.6. The number of nitrogens with one attached hydrogen (secondary N) is 1. The zero-order valence-corrected chi connectivity index (χ0v) is 14.9. The van der Waals surface area contributed by atoms with Crippen molar-refractivity contribution in [2.45, 2.75) is 19.1 Å². The van der Waals surface area contributed by atoms with Gasteiger partial charge in [0.2, 0.25) is 5.91 Å². The van der Waals surface area contributed by atoms with Crippen LogP contribution >= 0.6 is 0 Å². The van der Waals surface area contributed by atoms with Crippen molar-refractivity contribution in [3.05, 3.63) is 71.3 Å². The van der Waals surface area contributed by atoms with Crippen molar-refractivity contribution < 1.29 is 14.3 Å². The summed E-state index contributed by atoms with van der Waals surface area (Å²) < 4.78 is 5.10. The van der Waals surface area contributed by atoms with Crippen LogP contribution in [-0.4, -0.2) is 44.0 Å². The van der Waals surface area contributed by atoms with Crippen LogP contribution in [0.5, 0.6) is 0 Å². The molecule has 2 aromatic rings. The molecule has 0 heterocycles. The van der Waals surface area contributed by atoms with E-state index < -0.39 is 6.04 Å². The van der Waals surface area contributed by atoms with Gasteiger partial charge < -0.3 is 15.0 Å². The normalized spacial score (nSPS) is 11.6. The van der Waals surface area contributed by atoms with E-state index in [9.17, 15) is 9.59 Å². The fraction of sp³-hybridized carbons (Fsp3) is 0.300. The summed E-state index contributed by atoms with van der Waals surface area (Å²) >= 11 is 0. The van der Waals surface area contributed by atoms with Crippen molar-refractivity contribution in [1.29, 1.82) is 0 Å². The van der Waals surface area contributed by atoms with Crippen molar-refractivity contribution in [2.24, 2.45) is 0 Å². The summed E-state index contributed by atoms with van der Waals surface area (Å²) in [6, 6.07) is 16.2. The van der Waals surface area contributed by atoms with Gasteiger partial charge in [0, 0.05) is 33.2 Å². The Labute approximate surface area is 148 Å². The van der Waals surface area contributed by atoms with Gasteiger partial charge >= 0.3 is 0 Å². The first-order chi connectivity index (χ1) is 12.0. The first kappa shape index (κ1) is 18.7. The van der Waals surface area contributed by atoms with Gasteiger partial charge in [0.15, 0.2) is 0 Å². The molecule has 0 radical (unpaired) electrons. The lowest BCUT2D eigenvalue weighted by Crippen LogP contribution is -2.47. The van der Waals surface area contributed by atoms with Gasteiger partial charge in [-0.15, -0.1) is 0 Å². The van der Waals surface area contributed by atoms with E-state index in [1.807, 2.05) is 42.5 Å². The number of methoxy groups -OCH3 is 1. The Kier molecular flexibility index (Phi) is 6.71. The number of likely N-dealkylation sites (N-methyl/N-ethyl adjacent to an activating group) is 1. The van der Waals surface area contributed by atoms with E-state index in [4.69, 9.17) is 4.74 Å². The quantitative estimate of drug-likeness (QED) is 0.841. The minimum absolute atomic E-state index is 0.134. The van der Waals surface area contributed by atoms with Crippen molar-refractivity contribution in [3.63, 3.8) is 0 Å². The summed E-state index contributed by atoms with van der Waals surface area (Å²) in [5.41, 5.74) is 2.42. The number of rotatable bonds is 7. The van der Waals surface area contributed by atoms with Crippen LogP contribution in [0.15, 0.2) is 54.6 Å². The van der Waals surface area contributed by atoms with Gasteiger partial charge in [-0.3, -0.25) is 9.59 Å². The fourth-order valence-electron chi connectivity index (χ4n) is 2.57. The maximum Gasteiger partial charge on any atom is 0.251 e. The number of benzene rings is 2. The Morgan fingerprint density at radius 3 is 2.36 bits per heavy atom. The molecular weight excluding hydrogens is 316 g/mol. The molecule has 132 valence electrons. The molecular formula is C20H24N2O3. The molecule has 5 nitrogen and oxygen atoms in total. The Hall–Kier alpha value is -2.66. The van der Waals surface area contributed by atoms with Gasteiger partial charge in [-0.25, -0.2) is 0 Å². The van der Waals surface area contributed by atoms with Gasteiger partial charge in [0.25, 0.3) is 5.91 Å². The molecule has 1 N–H and O–H groups in total. The summed E-state index contributed by atoms with van der Waals surface area (Å²) in [6.45, 7) is 0.436. The zero-order chi connectivity index (χ0) is 18.2. The summed E-state index contributed by atoms with van der Waals surface area (Å²) in [4.78, 5) is 26.6. The molecule has 25 heavy (non-hydrogen) atoms. The average Bonchev–Trinajstić information content (AvgIpc) is 2.61. The number of hydrogen-bond acceptors (Lipinski definition) is 3. The van der Waals surface area contributed by atoms with Crippen molar-refractivity contribution >= 4 is 11.8 Å². The largest absolute Gasteiger partial charge is 0.380 e. The highest BCUT2D eigenvalue weighted by Gasteiger charge is 2.23. The second kappa shape index (κ2) is 8.99. The summed E-state index contributed by atoms with van der Waals surface area (Å²) in [6.07, 6.45) is 0.446. The number of nitrogens with zero attached hydrogens (tertiary/aromatic N) is 1. The average molecular weight is 340 g/mol. The van der Waals surface area contributed by atoms with E-state index in [-0.39, 0.29) is 11.8 Å². The first-order valence-corrected chi connectivity index (χ1v) is 8.15. The van der Waals surface area contributed by atoms with Gasteiger partial charge in [-0.1, -0.05) is 42.5 Å². The molecule has 1 atom stereocenters. The second-order valence-electron chi connectivity index (χ2n) is 6.08. The van der Waals surface area contributed by atoms with Crippen LogP contribution in [0.1, 0.15) is 21.5 Å². The summed E-state index contributed by atoms with van der Waals surface area (Å²) in [7, 11) is 4.98. The monoisotopic (exact) mass is 340 g/mol. The van der Waals surface area contributed by atoms with Gasteiger partial charge in [0.1, 0.15) is 6.04 Å². The van der Waals surface area contributed by atoms with Crippen molar-refractivity contribution in [2.75, 3.05) is 21.2 Å². The van der Waals surface area contributed by atoms with Crippen LogP contribution in [0.2, 0.25) is 0 Å². The molecule has 0 aliphatic heterocycles. The number of hydrogen-bond donors (Lipinski definition) is 1. The predicted octanol–water partition coefficient (Wildman–Crippen LogP) is 2.26. The molecule has 5 heteroatoms. The third-order valence-electron chi connectivity index (χ3n) is 3.83. The third-order valence-corrected chi connectivity index (χ3v) is 3.83. The van der Waals surface area contributed by atoms with Crippen LogP contribution in [0, 0.1) is 0 Å². The molecule has 0 bridgehead atoms. The van der Waals surface area contributed by atoms with Gasteiger partial charge in [-0.2, -0.15) is 0 Å². The summed E-state index contributed by atoms with van der Waals surface area (Å²) in [5.74, 6) is -0.403. The highest BCUT2D eigenvalue weighted by Crippen LogP contribution is 2.09. The van der Waals surface area contributed by atoms with Crippen molar-refractivity contribution in [1.82, 2.24) is 10.2 Å². The molecule has 2 amide bonds. The maximum absolute atomic E-state index is 12.6. The molecule has 0 spiro atoms. The molecule has 0 saturated carbocycles. The van der Waals surface area contributed by atoms with Crippen molar-refractivity contribution in [3.8, 4) is 0 Å². The van der Waals surface area contributed by atoms with Gasteiger partial charge in [-0.05, 0) is 23.3 Å². The van der Waals surface area contributed by atoms with Crippen LogP contribution in [0.3, 0.4) is 0 Å². The van der Waals surface area contributed by atoms with Crippen LogP contribution in [-0.2, 0) is 22.6 Å². The van der Waals surface area contributed by atoms with E-state index in [2.05, 4.69) is 5.32 Å². The Morgan fingerprint density at radius 2 is 1.72 bits per heavy atom. The fourth-order valence-corrected chi connectivity index (χ4v) is 2.57. The Morgan fingerprint density at radius 1 is 1.04 bits per heavy atom. The minimum Gasteiger partial charge on any atom is -0.380 e. The van der Waals surface area contributed by atoms with E-state index >= 15 is 0 Å².